The number of benzene rings is 1. The number of methoxy groups -OCH3 is 2. The number of hydrogen-bond acceptors (Lipinski definition) is 5. The van der Waals surface area contributed by atoms with Crippen LogP contribution in [-0.2, 0) is 0 Å². The van der Waals surface area contributed by atoms with Crippen LogP contribution in [0.4, 0.5) is 5.82 Å². The molecule has 0 unspecified atom stereocenters. The van der Waals surface area contributed by atoms with Crippen LogP contribution in [-0.4, -0.2) is 19.4 Å². The summed E-state index contributed by atoms with van der Waals surface area (Å²) in [7, 11) is 3.21. The molecule has 0 spiro atoms. The maximum atomic E-state index is 5.53. The van der Waals surface area contributed by atoms with Crippen molar-refractivity contribution in [3.05, 3.63) is 23.8 Å². The minimum Gasteiger partial charge on any atom is -0.496 e. The highest BCUT2D eigenvalue weighted by atomic mass is 16.5. The molecule has 17 heavy (non-hydrogen) atoms. The highest BCUT2D eigenvalue weighted by Crippen LogP contribution is 2.36. The predicted octanol–water partition coefficient (Wildman–Crippen LogP) is 2.25. The van der Waals surface area contributed by atoms with Crippen LogP contribution in [0.2, 0.25) is 0 Å². The van der Waals surface area contributed by atoms with E-state index in [0.717, 1.165) is 16.9 Å². The molecule has 2 N–H and O–H groups in total. The summed E-state index contributed by atoms with van der Waals surface area (Å²) in [5.41, 5.74) is 7.32. The minimum atomic E-state index is 0.343. The number of nitrogens with two attached hydrogens (primary N) is 1. The third kappa shape index (κ3) is 2.04. The summed E-state index contributed by atoms with van der Waals surface area (Å²) in [4.78, 5) is 0. The minimum absolute atomic E-state index is 0.343. The van der Waals surface area contributed by atoms with Crippen LogP contribution in [0, 0.1) is 6.92 Å². The molecular formula is C12H14N2O3. The Morgan fingerprint density at radius 1 is 1.12 bits per heavy atom. The normalized spacial score (nSPS) is 10.3. The number of ether oxygens (including phenoxy) is 2. The second kappa shape index (κ2) is 4.37. The van der Waals surface area contributed by atoms with Gasteiger partial charge in [0.1, 0.15) is 11.5 Å². The lowest BCUT2D eigenvalue weighted by molar-refractivity contribution is 0.389. The monoisotopic (exact) mass is 234 g/mol. The summed E-state index contributed by atoms with van der Waals surface area (Å²) in [5.74, 6) is 2.34. The molecule has 2 rings (SSSR count). The van der Waals surface area contributed by atoms with Crippen molar-refractivity contribution in [1.82, 2.24) is 5.16 Å². The topological polar surface area (TPSA) is 70.5 Å². The molecular weight excluding hydrogens is 220 g/mol. The average molecular weight is 234 g/mol. The van der Waals surface area contributed by atoms with Gasteiger partial charge in [-0.2, -0.15) is 0 Å². The number of rotatable bonds is 3. The SMILES string of the molecule is COc1cc(OC)c(-c2cc(N)no2)cc1C. The Balaban J connectivity index is 2.57. The second-order valence-electron chi connectivity index (χ2n) is 3.64. The van der Waals surface area contributed by atoms with E-state index >= 15 is 0 Å². The molecule has 5 heteroatoms. The van der Waals surface area contributed by atoms with Gasteiger partial charge in [0.25, 0.3) is 0 Å². The van der Waals surface area contributed by atoms with E-state index in [2.05, 4.69) is 5.16 Å². The Kier molecular flexibility index (Phi) is 2.91. The zero-order chi connectivity index (χ0) is 12.4. The van der Waals surface area contributed by atoms with Crippen molar-refractivity contribution in [3.63, 3.8) is 0 Å². The van der Waals surface area contributed by atoms with Crippen molar-refractivity contribution in [3.8, 4) is 22.8 Å². The van der Waals surface area contributed by atoms with Crippen molar-refractivity contribution in [2.45, 2.75) is 6.92 Å². The summed E-state index contributed by atoms with van der Waals surface area (Å²) >= 11 is 0. The van der Waals surface area contributed by atoms with Crippen molar-refractivity contribution in [2.75, 3.05) is 20.0 Å². The van der Waals surface area contributed by atoms with Crippen LogP contribution in [0.25, 0.3) is 11.3 Å². The molecule has 5 nitrogen and oxygen atoms in total. The Bertz CT molecular complexity index is 535. The molecule has 0 bridgehead atoms. The summed E-state index contributed by atoms with van der Waals surface area (Å²) in [6.45, 7) is 1.95. The van der Waals surface area contributed by atoms with Gasteiger partial charge in [-0.05, 0) is 18.6 Å². The first-order valence-corrected chi connectivity index (χ1v) is 5.11. The van der Waals surface area contributed by atoms with Crippen molar-refractivity contribution in [2.24, 2.45) is 0 Å². The van der Waals surface area contributed by atoms with E-state index in [1.54, 1.807) is 20.3 Å². The van der Waals surface area contributed by atoms with Crippen LogP contribution in [0.15, 0.2) is 22.7 Å². The Hall–Kier alpha value is -2.17. The third-order valence-corrected chi connectivity index (χ3v) is 2.51. The maximum Gasteiger partial charge on any atom is 0.172 e. The molecule has 0 aliphatic rings. The van der Waals surface area contributed by atoms with Gasteiger partial charge in [0, 0.05) is 12.1 Å². The van der Waals surface area contributed by atoms with Gasteiger partial charge in [-0.1, -0.05) is 5.16 Å². The lowest BCUT2D eigenvalue weighted by atomic mass is 10.1. The summed E-state index contributed by atoms with van der Waals surface area (Å²) in [6.07, 6.45) is 0. The van der Waals surface area contributed by atoms with E-state index in [-0.39, 0.29) is 0 Å². The lowest BCUT2D eigenvalue weighted by Crippen LogP contribution is -1.92. The summed E-state index contributed by atoms with van der Waals surface area (Å²) in [5, 5.41) is 3.66. The van der Waals surface area contributed by atoms with Gasteiger partial charge in [0.15, 0.2) is 11.6 Å². The van der Waals surface area contributed by atoms with Gasteiger partial charge in [0.05, 0.1) is 19.8 Å². The Morgan fingerprint density at radius 3 is 2.35 bits per heavy atom. The fourth-order valence-corrected chi connectivity index (χ4v) is 1.67. The molecule has 2 aromatic rings. The number of hydrogen-bond donors (Lipinski definition) is 1. The molecule has 0 aliphatic heterocycles. The quantitative estimate of drug-likeness (QED) is 0.881. The van der Waals surface area contributed by atoms with Gasteiger partial charge < -0.3 is 19.7 Å². The number of nitrogen functional groups attached to an aromatic ring is 1. The number of nitrogens with zero attached hydrogens (tertiary/aromatic N) is 1. The number of anilines is 1. The Labute approximate surface area is 99.1 Å². The first kappa shape index (κ1) is 11.3. The first-order chi connectivity index (χ1) is 8.15. The smallest absolute Gasteiger partial charge is 0.172 e. The van der Waals surface area contributed by atoms with Crippen molar-refractivity contribution < 1.29 is 14.0 Å². The van der Waals surface area contributed by atoms with E-state index in [1.807, 2.05) is 19.1 Å². The molecule has 90 valence electrons. The second-order valence-corrected chi connectivity index (χ2v) is 3.64. The van der Waals surface area contributed by atoms with E-state index in [9.17, 15) is 0 Å². The standard InChI is InChI=1S/C12H14N2O3/c1-7-4-8(11-6-12(13)14-17-11)10(16-3)5-9(7)15-2/h4-6H,1-3H3,(H2,13,14). The predicted molar refractivity (Wildman–Crippen MR) is 64.2 cm³/mol. The van der Waals surface area contributed by atoms with Crippen LogP contribution >= 0.6 is 0 Å². The molecule has 1 aromatic heterocycles. The average Bonchev–Trinajstić information content (AvgIpc) is 2.75. The number of aryl methyl sites for hydroxylation is 1. The summed E-state index contributed by atoms with van der Waals surface area (Å²) < 4.78 is 15.7. The van der Waals surface area contributed by atoms with E-state index < -0.39 is 0 Å². The fourth-order valence-electron chi connectivity index (χ4n) is 1.67. The molecule has 0 fully saturated rings. The highest BCUT2D eigenvalue weighted by molar-refractivity contribution is 5.70. The summed E-state index contributed by atoms with van der Waals surface area (Å²) in [6, 6.07) is 5.38. The fraction of sp³-hybridized carbons (Fsp3) is 0.250. The molecule has 0 atom stereocenters. The first-order valence-electron chi connectivity index (χ1n) is 5.11. The molecule has 0 aliphatic carbocycles. The van der Waals surface area contributed by atoms with Gasteiger partial charge in [-0.15, -0.1) is 0 Å². The van der Waals surface area contributed by atoms with E-state index in [4.69, 9.17) is 19.7 Å². The zero-order valence-corrected chi connectivity index (χ0v) is 9.98. The molecule has 1 aromatic carbocycles. The van der Waals surface area contributed by atoms with Gasteiger partial charge in [0.2, 0.25) is 0 Å². The number of aromatic nitrogens is 1. The Morgan fingerprint density at radius 2 is 1.82 bits per heavy atom. The van der Waals surface area contributed by atoms with Crippen molar-refractivity contribution in [1.29, 1.82) is 0 Å². The highest BCUT2D eigenvalue weighted by Gasteiger charge is 2.14. The van der Waals surface area contributed by atoms with Crippen LogP contribution in [0.1, 0.15) is 5.56 Å². The van der Waals surface area contributed by atoms with Gasteiger partial charge in [-0.25, -0.2) is 0 Å². The van der Waals surface area contributed by atoms with Crippen molar-refractivity contribution >= 4 is 5.82 Å². The van der Waals surface area contributed by atoms with Gasteiger partial charge >= 0.3 is 0 Å². The van der Waals surface area contributed by atoms with Crippen LogP contribution in [0.5, 0.6) is 11.5 Å². The molecule has 0 saturated heterocycles. The van der Waals surface area contributed by atoms with Gasteiger partial charge in [-0.3, -0.25) is 0 Å². The van der Waals surface area contributed by atoms with E-state index in [1.165, 1.54) is 0 Å². The largest absolute Gasteiger partial charge is 0.496 e. The third-order valence-electron chi connectivity index (χ3n) is 2.51. The van der Waals surface area contributed by atoms with Crippen LogP contribution < -0.4 is 15.2 Å². The molecule has 0 saturated carbocycles. The van der Waals surface area contributed by atoms with Crippen LogP contribution in [0.3, 0.4) is 0 Å². The maximum absolute atomic E-state index is 5.53. The van der Waals surface area contributed by atoms with E-state index in [0.29, 0.717) is 17.3 Å². The molecule has 0 amide bonds. The molecule has 1 heterocycles. The molecule has 0 radical (unpaired) electrons. The zero-order valence-electron chi connectivity index (χ0n) is 9.98. The lowest BCUT2D eigenvalue weighted by Gasteiger charge is -2.10.